The lowest BCUT2D eigenvalue weighted by Gasteiger charge is -2.10. The fourth-order valence-corrected chi connectivity index (χ4v) is 1.26. The van der Waals surface area contributed by atoms with Crippen molar-refractivity contribution < 1.29 is 17.6 Å². The van der Waals surface area contributed by atoms with Crippen LogP contribution in [0.2, 0.25) is 0 Å². The first-order valence-electron chi connectivity index (χ1n) is 4.31. The molecule has 4 heteroatoms. The van der Waals surface area contributed by atoms with E-state index in [2.05, 4.69) is 0 Å². The number of alkyl halides is 3. The van der Waals surface area contributed by atoms with Gasteiger partial charge in [0.05, 0.1) is 5.56 Å². The average Bonchev–Trinajstić information content (AvgIpc) is 2.07. The molecule has 0 atom stereocenters. The van der Waals surface area contributed by atoms with Gasteiger partial charge in [-0.15, -0.1) is 0 Å². The van der Waals surface area contributed by atoms with Gasteiger partial charge in [-0.2, -0.15) is 13.2 Å². The van der Waals surface area contributed by atoms with Gasteiger partial charge >= 0.3 is 6.18 Å². The maximum Gasteiger partial charge on any atom is 0.419 e. The summed E-state index contributed by atoms with van der Waals surface area (Å²) in [6.45, 7) is 1.79. The monoisotopic (exact) mass is 206 g/mol. The van der Waals surface area contributed by atoms with Crippen LogP contribution in [0.25, 0.3) is 0 Å². The Morgan fingerprint density at radius 3 is 2.36 bits per heavy atom. The first kappa shape index (κ1) is 11.0. The molecule has 0 saturated heterocycles. The highest BCUT2D eigenvalue weighted by Crippen LogP contribution is 2.32. The Morgan fingerprint density at radius 1 is 1.21 bits per heavy atom. The maximum atomic E-state index is 13.2. The lowest BCUT2D eigenvalue weighted by atomic mass is 10.1. The van der Waals surface area contributed by atoms with Crippen molar-refractivity contribution in [3.05, 3.63) is 35.1 Å². The van der Waals surface area contributed by atoms with Gasteiger partial charge in [0.15, 0.2) is 0 Å². The summed E-state index contributed by atoms with van der Waals surface area (Å²) in [7, 11) is 0. The van der Waals surface area contributed by atoms with Crippen molar-refractivity contribution in [2.24, 2.45) is 0 Å². The molecule has 0 unspecified atom stereocenters. The third-order valence-electron chi connectivity index (χ3n) is 1.90. The molecular formula is C10H10F4. The SMILES string of the molecule is CCCc1cccc(C(F)(F)F)c1F. The van der Waals surface area contributed by atoms with Crippen molar-refractivity contribution in [2.75, 3.05) is 0 Å². The first-order valence-corrected chi connectivity index (χ1v) is 4.31. The van der Waals surface area contributed by atoms with Gasteiger partial charge in [0.2, 0.25) is 0 Å². The molecule has 78 valence electrons. The van der Waals surface area contributed by atoms with Crippen molar-refractivity contribution in [1.82, 2.24) is 0 Å². The molecule has 0 aliphatic rings. The molecule has 0 amide bonds. The topological polar surface area (TPSA) is 0 Å². The second kappa shape index (κ2) is 3.98. The minimum atomic E-state index is -4.60. The Balaban J connectivity index is 3.14. The zero-order chi connectivity index (χ0) is 10.8. The van der Waals surface area contributed by atoms with Crippen molar-refractivity contribution in [3.8, 4) is 0 Å². The largest absolute Gasteiger partial charge is 0.419 e. The highest BCUT2D eigenvalue weighted by atomic mass is 19.4. The molecule has 0 saturated carbocycles. The minimum Gasteiger partial charge on any atom is -0.206 e. The summed E-state index contributed by atoms with van der Waals surface area (Å²) in [6.07, 6.45) is -3.65. The molecule has 1 aromatic rings. The Bertz CT molecular complexity index is 314. The predicted octanol–water partition coefficient (Wildman–Crippen LogP) is 3.80. The van der Waals surface area contributed by atoms with E-state index < -0.39 is 17.6 Å². The maximum absolute atomic E-state index is 13.2. The van der Waals surface area contributed by atoms with Gasteiger partial charge in [0.25, 0.3) is 0 Å². The van der Waals surface area contributed by atoms with E-state index in [1.54, 1.807) is 6.92 Å². The van der Waals surface area contributed by atoms with Gasteiger partial charge in [-0.25, -0.2) is 4.39 Å². The zero-order valence-corrected chi connectivity index (χ0v) is 7.66. The first-order chi connectivity index (χ1) is 6.46. The van der Waals surface area contributed by atoms with E-state index in [4.69, 9.17) is 0 Å². The number of hydrogen-bond donors (Lipinski definition) is 0. The summed E-state index contributed by atoms with van der Waals surface area (Å²) >= 11 is 0. The van der Waals surface area contributed by atoms with Gasteiger partial charge in [0.1, 0.15) is 5.82 Å². The van der Waals surface area contributed by atoms with E-state index in [9.17, 15) is 17.6 Å². The normalized spacial score (nSPS) is 11.8. The third-order valence-corrected chi connectivity index (χ3v) is 1.90. The van der Waals surface area contributed by atoms with Gasteiger partial charge in [-0.3, -0.25) is 0 Å². The van der Waals surface area contributed by atoms with Crippen molar-refractivity contribution in [2.45, 2.75) is 25.9 Å². The molecule has 0 nitrogen and oxygen atoms in total. The highest BCUT2D eigenvalue weighted by Gasteiger charge is 2.34. The Kier molecular flexibility index (Phi) is 3.13. The van der Waals surface area contributed by atoms with Crippen molar-refractivity contribution >= 4 is 0 Å². The quantitative estimate of drug-likeness (QED) is 0.645. The summed E-state index contributed by atoms with van der Waals surface area (Å²) < 4.78 is 49.9. The van der Waals surface area contributed by atoms with Gasteiger partial charge < -0.3 is 0 Å². The molecule has 0 aromatic heterocycles. The lowest BCUT2D eigenvalue weighted by molar-refractivity contribution is -0.140. The molecule has 0 aliphatic carbocycles. The molecule has 14 heavy (non-hydrogen) atoms. The van der Waals surface area contributed by atoms with Crippen LogP contribution in [0.4, 0.5) is 17.6 Å². The van der Waals surface area contributed by atoms with Crippen LogP contribution in [0.5, 0.6) is 0 Å². The lowest BCUT2D eigenvalue weighted by Crippen LogP contribution is -2.09. The summed E-state index contributed by atoms with van der Waals surface area (Å²) in [5.74, 6) is -1.14. The standard InChI is InChI=1S/C10H10F4/c1-2-4-7-5-3-6-8(9(7)11)10(12,13)14/h3,5-6H,2,4H2,1H3. The molecule has 0 bridgehead atoms. The second-order valence-electron chi connectivity index (χ2n) is 3.03. The molecule has 0 radical (unpaired) electrons. The Morgan fingerprint density at radius 2 is 1.86 bits per heavy atom. The molecule has 0 aliphatic heterocycles. The second-order valence-corrected chi connectivity index (χ2v) is 3.03. The Labute approximate surface area is 79.6 Å². The summed E-state index contributed by atoms with van der Waals surface area (Å²) in [5.41, 5.74) is -1.05. The van der Waals surface area contributed by atoms with E-state index in [0.717, 1.165) is 6.07 Å². The van der Waals surface area contributed by atoms with Crippen molar-refractivity contribution in [3.63, 3.8) is 0 Å². The number of aryl methyl sites for hydroxylation is 1. The number of hydrogen-bond acceptors (Lipinski definition) is 0. The van der Waals surface area contributed by atoms with Gasteiger partial charge in [-0.1, -0.05) is 25.5 Å². The molecular weight excluding hydrogens is 196 g/mol. The Hall–Kier alpha value is -1.06. The minimum absolute atomic E-state index is 0.127. The zero-order valence-electron chi connectivity index (χ0n) is 7.66. The molecule has 0 heterocycles. The number of benzene rings is 1. The van der Waals surface area contributed by atoms with E-state index in [1.807, 2.05) is 0 Å². The van der Waals surface area contributed by atoms with Gasteiger partial charge in [0, 0.05) is 0 Å². The van der Waals surface area contributed by atoms with Crippen LogP contribution >= 0.6 is 0 Å². The fourth-order valence-electron chi connectivity index (χ4n) is 1.26. The fraction of sp³-hybridized carbons (Fsp3) is 0.400. The number of halogens is 4. The molecule has 0 N–H and O–H groups in total. The molecule has 1 aromatic carbocycles. The van der Waals surface area contributed by atoms with Crippen LogP contribution in [-0.4, -0.2) is 0 Å². The van der Waals surface area contributed by atoms with E-state index in [0.29, 0.717) is 12.8 Å². The van der Waals surface area contributed by atoms with Crippen LogP contribution in [0.15, 0.2) is 18.2 Å². The number of rotatable bonds is 2. The molecule has 0 fully saturated rings. The van der Waals surface area contributed by atoms with Crippen LogP contribution in [0.3, 0.4) is 0 Å². The predicted molar refractivity (Wildman–Crippen MR) is 45.4 cm³/mol. The van der Waals surface area contributed by atoms with Crippen LogP contribution in [0.1, 0.15) is 24.5 Å². The average molecular weight is 206 g/mol. The highest BCUT2D eigenvalue weighted by molar-refractivity contribution is 5.28. The van der Waals surface area contributed by atoms with E-state index in [-0.39, 0.29) is 5.56 Å². The third kappa shape index (κ3) is 2.25. The van der Waals surface area contributed by atoms with Crippen LogP contribution in [0, 0.1) is 5.82 Å². The molecule has 1 rings (SSSR count). The summed E-state index contributed by atoms with van der Waals surface area (Å²) in [6, 6.07) is 3.37. The van der Waals surface area contributed by atoms with Crippen LogP contribution in [-0.2, 0) is 12.6 Å². The summed E-state index contributed by atoms with van der Waals surface area (Å²) in [4.78, 5) is 0. The summed E-state index contributed by atoms with van der Waals surface area (Å²) in [5, 5.41) is 0. The van der Waals surface area contributed by atoms with E-state index in [1.165, 1.54) is 12.1 Å². The van der Waals surface area contributed by atoms with E-state index >= 15 is 0 Å². The molecule has 0 spiro atoms. The van der Waals surface area contributed by atoms with Gasteiger partial charge in [-0.05, 0) is 18.1 Å². The van der Waals surface area contributed by atoms with Crippen LogP contribution < -0.4 is 0 Å². The van der Waals surface area contributed by atoms with Crippen molar-refractivity contribution in [1.29, 1.82) is 0 Å². The smallest absolute Gasteiger partial charge is 0.206 e.